The van der Waals surface area contributed by atoms with Crippen molar-refractivity contribution >= 4 is 82.6 Å². The predicted molar refractivity (Wildman–Crippen MR) is 490 cm³/mol. The van der Waals surface area contributed by atoms with E-state index in [1.165, 1.54) is 0 Å². The average Bonchev–Trinajstić information content (AvgIpc) is 1.64. The number of Topliss-reactive ketones (excluding diaryl/α,β-unsaturated/α-hetero) is 4. The van der Waals surface area contributed by atoms with Crippen LogP contribution in [0.15, 0.2) is 30.3 Å². The molecule has 4 amide bonds. The number of unbranched alkanes of at least 4 members (excludes halogenated alkanes) is 26. The molecule has 1 aromatic carbocycles. The molecule has 127 heavy (non-hydrogen) atoms. The van der Waals surface area contributed by atoms with Crippen LogP contribution in [0, 0.1) is 41.4 Å². The quantitative estimate of drug-likeness (QED) is 0.0230. The molecule has 2 aliphatic heterocycles. The molecule has 10 atom stereocenters. The maximum absolute atomic E-state index is 13.8. The highest BCUT2D eigenvalue weighted by Crippen LogP contribution is 2.33. The Morgan fingerprint density at radius 3 is 1.17 bits per heavy atom. The SMILES string of the molecule is CCC(CC(C)C)C(=O)OCCCCCCOC(=O)C(CC(C)C)NC(=O)CCCCCCCCC(=O)NCCCCC(NC(=O)CCCCCCCCC(=O)NC(CC(C)C)C(=O)OC1COC2C(OC(=O)C(CC(=O)CCCCCCCCC(=O)CCCCCC(CC(=O)CCCCCCCCC(C)=O)C(=O)O)CC(C)C)COC12)C(=O)OCc1ccccc1. The van der Waals surface area contributed by atoms with Crippen molar-refractivity contribution in [1.29, 1.82) is 0 Å². The van der Waals surface area contributed by atoms with Gasteiger partial charge in [0.2, 0.25) is 23.6 Å². The fourth-order valence-electron chi connectivity index (χ4n) is 16.5. The first-order valence-electron chi connectivity index (χ1n) is 49.5. The number of fused-ring (bicyclic) bond motifs is 1. The van der Waals surface area contributed by atoms with Crippen LogP contribution in [-0.4, -0.2) is 163 Å². The van der Waals surface area contributed by atoms with Gasteiger partial charge in [0.05, 0.1) is 44.2 Å². The molecule has 5 N–H and O–H groups in total. The molecule has 724 valence electrons. The summed E-state index contributed by atoms with van der Waals surface area (Å²) in [5.74, 6) is -4.05. The first kappa shape index (κ1) is 114. The van der Waals surface area contributed by atoms with E-state index in [0.29, 0.717) is 154 Å². The zero-order chi connectivity index (χ0) is 93.4. The second-order valence-electron chi connectivity index (χ2n) is 37.8. The zero-order valence-electron chi connectivity index (χ0n) is 79.8. The summed E-state index contributed by atoms with van der Waals surface area (Å²) in [5.41, 5.74) is 0.822. The van der Waals surface area contributed by atoms with Gasteiger partial charge >= 0.3 is 35.8 Å². The lowest BCUT2D eigenvalue weighted by Gasteiger charge is -2.23. The number of ether oxygens (including phenoxy) is 7. The fourth-order valence-corrected chi connectivity index (χ4v) is 16.5. The molecule has 2 saturated heterocycles. The predicted octanol–water partition coefficient (Wildman–Crippen LogP) is 18.8. The Balaban J connectivity index is 1.27. The van der Waals surface area contributed by atoms with Crippen molar-refractivity contribution in [2.45, 2.75) is 446 Å². The van der Waals surface area contributed by atoms with Gasteiger partial charge in [-0.1, -0.05) is 208 Å². The summed E-state index contributed by atoms with van der Waals surface area (Å²) >= 11 is 0. The summed E-state index contributed by atoms with van der Waals surface area (Å²) < 4.78 is 40.8. The van der Waals surface area contributed by atoms with Gasteiger partial charge in [0.15, 0.2) is 12.2 Å². The highest BCUT2D eigenvalue weighted by molar-refractivity contribution is 5.87. The lowest BCUT2D eigenvalue weighted by Crippen LogP contribution is -2.45. The smallest absolute Gasteiger partial charge is 0.329 e. The molecule has 0 radical (unpaired) electrons. The summed E-state index contributed by atoms with van der Waals surface area (Å²) in [6.07, 6.45) is 30.9. The third-order valence-electron chi connectivity index (χ3n) is 23.8. The summed E-state index contributed by atoms with van der Waals surface area (Å²) in [6, 6.07) is 6.85. The number of amides is 4. The van der Waals surface area contributed by atoms with E-state index in [-0.39, 0.29) is 129 Å². The number of carboxylic acid groups (broad SMARTS) is 1. The molecule has 0 aromatic heterocycles. The first-order chi connectivity index (χ1) is 60.9. The monoisotopic (exact) mass is 1790 g/mol. The van der Waals surface area contributed by atoms with Crippen LogP contribution in [0.2, 0.25) is 0 Å². The number of aliphatic carboxylic acids is 1. The van der Waals surface area contributed by atoms with Crippen LogP contribution in [0.25, 0.3) is 0 Å². The summed E-state index contributed by atoms with van der Waals surface area (Å²) in [5, 5.41) is 21.4. The minimum absolute atomic E-state index is 0.00509. The molecule has 2 aliphatic rings. The van der Waals surface area contributed by atoms with E-state index < -0.39 is 84.2 Å². The van der Waals surface area contributed by atoms with Crippen LogP contribution in [0.3, 0.4) is 0 Å². The van der Waals surface area contributed by atoms with Crippen LogP contribution < -0.4 is 21.3 Å². The summed E-state index contributed by atoms with van der Waals surface area (Å²) in [6.45, 7) is 20.9. The van der Waals surface area contributed by atoms with Gasteiger partial charge in [0, 0.05) is 77.2 Å². The lowest BCUT2D eigenvalue weighted by atomic mass is 9.91. The van der Waals surface area contributed by atoms with Crippen LogP contribution in [0.4, 0.5) is 0 Å². The second-order valence-corrected chi connectivity index (χ2v) is 37.8. The fraction of sp³-hybridized carbons (Fsp3) is 0.802. The summed E-state index contributed by atoms with van der Waals surface area (Å²) in [7, 11) is 0. The number of rotatable bonds is 80. The number of hydrogen-bond donors (Lipinski definition) is 5. The molecule has 0 spiro atoms. The van der Waals surface area contributed by atoms with Crippen molar-refractivity contribution in [1.82, 2.24) is 21.3 Å². The van der Waals surface area contributed by atoms with Crippen molar-refractivity contribution in [3.63, 3.8) is 0 Å². The van der Waals surface area contributed by atoms with E-state index in [4.69, 9.17) is 33.2 Å². The van der Waals surface area contributed by atoms with Gasteiger partial charge < -0.3 is 64.3 Å². The molecular weight excluding hydrogens is 1620 g/mol. The lowest BCUT2D eigenvalue weighted by molar-refractivity contribution is -0.161. The van der Waals surface area contributed by atoms with Crippen molar-refractivity contribution in [2.75, 3.05) is 33.0 Å². The number of benzene rings is 1. The Morgan fingerprint density at radius 2 is 0.724 bits per heavy atom. The van der Waals surface area contributed by atoms with Crippen LogP contribution >= 0.6 is 0 Å². The van der Waals surface area contributed by atoms with Gasteiger partial charge in [-0.15, -0.1) is 0 Å². The Hall–Kier alpha value is -7.48. The zero-order valence-corrected chi connectivity index (χ0v) is 79.8. The van der Waals surface area contributed by atoms with E-state index in [9.17, 15) is 72.2 Å². The van der Waals surface area contributed by atoms with E-state index in [1.807, 2.05) is 78.8 Å². The highest BCUT2D eigenvalue weighted by atomic mass is 16.7. The van der Waals surface area contributed by atoms with Gasteiger partial charge in [-0.05, 0) is 177 Å². The highest BCUT2D eigenvalue weighted by Gasteiger charge is 2.52. The average molecular weight is 1790 g/mol. The molecule has 0 bridgehead atoms. The Labute approximate surface area is 761 Å². The van der Waals surface area contributed by atoms with E-state index in [0.717, 1.165) is 173 Å². The van der Waals surface area contributed by atoms with E-state index in [1.54, 1.807) is 6.92 Å². The molecule has 0 aliphatic carbocycles. The number of hydrogen-bond acceptors (Lipinski definition) is 21. The molecule has 10 unspecified atom stereocenters. The normalized spacial score (nSPS) is 16.2. The van der Waals surface area contributed by atoms with E-state index >= 15 is 0 Å². The summed E-state index contributed by atoms with van der Waals surface area (Å²) in [4.78, 5) is 180. The Kier molecular flexibility index (Phi) is 63.0. The van der Waals surface area contributed by atoms with Gasteiger partial charge in [-0.3, -0.25) is 47.9 Å². The van der Waals surface area contributed by atoms with E-state index in [2.05, 4.69) is 35.1 Å². The van der Waals surface area contributed by atoms with Gasteiger partial charge in [0.25, 0.3) is 0 Å². The van der Waals surface area contributed by atoms with Gasteiger partial charge in [-0.2, -0.15) is 0 Å². The van der Waals surface area contributed by atoms with Crippen molar-refractivity contribution in [3.8, 4) is 0 Å². The topological polar surface area (TPSA) is 372 Å². The second kappa shape index (κ2) is 70.4. The number of nitrogens with one attached hydrogen (secondary N) is 4. The van der Waals surface area contributed by atoms with Gasteiger partial charge in [-0.25, -0.2) is 14.4 Å². The van der Waals surface area contributed by atoms with Gasteiger partial charge in [0.1, 0.15) is 60.1 Å². The minimum atomic E-state index is -0.944. The third kappa shape index (κ3) is 56.7. The molecule has 0 saturated carbocycles. The minimum Gasteiger partial charge on any atom is -0.481 e. The molecule has 26 nitrogen and oxygen atoms in total. The Morgan fingerprint density at radius 1 is 0.362 bits per heavy atom. The van der Waals surface area contributed by atoms with Crippen LogP contribution in [0.1, 0.15) is 402 Å². The number of esters is 5. The maximum atomic E-state index is 13.8. The number of carboxylic acids is 1. The molecule has 2 heterocycles. The largest absolute Gasteiger partial charge is 0.481 e. The molecule has 3 rings (SSSR count). The molecular formula is C101H168N4O22. The number of carbonyl (C=O) groups excluding carboxylic acids is 13. The first-order valence-corrected chi connectivity index (χ1v) is 49.5. The Bertz CT molecular complexity index is 3310. The maximum Gasteiger partial charge on any atom is 0.329 e. The van der Waals surface area contributed by atoms with Crippen LogP contribution in [-0.2, 0) is 107 Å². The van der Waals surface area contributed by atoms with Crippen molar-refractivity contribution in [3.05, 3.63) is 35.9 Å². The number of carbonyl (C=O) groups is 14. The number of ketones is 4. The molecule has 2 fully saturated rings. The van der Waals surface area contributed by atoms with Crippen molar-refractivity contribution in [2.24, 2.45) is 41.4 Å². The molecule has 26 heteroatoms. The van der Waals surface area contributed by atoms with Crippen LogP contribution in [0.5, 0.6) is 0 Å². The third-order valence-corrected chi connectivity index (χ3v) is 23.8. The molecule has 1 aromatic rings. The van der Waals surface area contributed by atoms with Crippen molar-refractivity contribution < 1.29 is 105 Å². The standard InChI is InChI=1S/C101H168N4O22/c1-11-79(64-73(2)3)97(116)121-62-46-28-29-47-63-122-100(119)86(66-75(6)7)104-92(112)59-42-26-17-16-24-40-57-90(110)102-61-45-44-56-85(99(118)125-70-78-49-33-30-34-50-78)103-91(111)58-41-25-18-19-27-43-60-93(113)105-87(67-76(8)9)101(120)127-89-72-124-94-88(71-123-95(89)94)126-98(117)81(65-74(4)5)69-84(109)55-38-23-15-14-21-36-52-82(107)53-39-31-35-51-80(96(114)115)68-83(108)54-37-22-13-12-20-32-48-77(10)106/h30,33-34,49-50,73-76,79-81,85-89,94-95H,11-29,31-32,35-48,51-72H2,1-10H3,(H,102,110)(H,103,111)(H,104,112)(H,105,113)(H,114,115).